The average molecular weight is 477 g/mol. The maximum Gasteiger partial charge on any atom is 0.357 e. The molecule has 0 bridgehead atoms. The average Bonchev–Trinajstić information content (AvgIpc) is 3.29. The zero-order chi connectivity index (χ0) is 25.4. The summed E-state index contributed by atoms with van der Waals surface area (Å²) >= 11 is 0. The molecule has 0 amide bonds. The summed E-state index contributed by atoms with van der Waals surface area (Å²) in [5, 5.41) is 4.66. The van der Waals surface area contributed by atoms with Crippen LogP contribution in [0.1, 0.15) is 33.3 Å². The van der Waals surface area contributed by atoms with Crippen LogP contribution in [0.3, 0.4) is 0 Å². The van der Waals surface area contributed by atoms with Gasteiger partial charge in [-0.15, -0.1) is 6.58 Å². The maximum atomic E-state index is 13.0. The Morgan fingerprint density at radius 3 is 2.31 bits per heavy atom. The fraction of sp³-hybridized carbons (Fsp3) is 0.222. The van der Waals surface area contributed by atoms with Gasteiger partial charge in [0.1, 0.15) is 17.9 Å². The Morgan fingerprint density at radius 2 is 1.71 bits per heavy atom. The molecule has 3 aromatic rings. The highest BCUT2D eigenvalue weighted by Crippen LogP contribution is 2.39. The molecule has 8 heteroatoms. The zero-order valence-corrected chi connectivity index (χ0v) is 20.1. The van der Waals surface area contributed by atoms with Crippen LogP contribution in [0, 0.1) is 0 Å². The number of hydrogen-bond acceptors (Lipinski definition) is 7. The van der Waals surface area contributed by atoms with Gasteiger partial charge < -0.3 is 18.9 Å². The Labute approximate surface area is 204 Å². The molecule has 0 N–H and O–H groups in total. The molecule has 0 aliphatic heterocycles. The topological polar surface area (TPSA) is 88.9 Å². The molecule has 0 spiro atoms. The lowest BCUT2D eigenvalue weighted by Gasteiger charge is -2.16. The van der Waals surface area contributed by atoms with Gasteiger partial charge in [-0.05, 0) is 37.6 Å². The number of methoxy groups -OCH3 is 2. The number of para-hydroxylation sites is 1. The van der Waals surface area contributed by atoms with Gasteiger partial charge in [0.05, 0.1) is 26.5 Å². The van der Waals surface area contributed by atoms with E-state index in [-0.39, 0.29) is 23.6 Å². The second kappa shape index (κ2) is 11.7. The van der Waals surface area contributed by atoms with Crippen LogP contribution in [0.5, 0.6) is 11.5 Å². The number of allylic oxidation sites excluding steroid dienone is 1. The van der Waals surface area contributed by atoms with E-state index in [1.165, 1.54) is 18.9 Å². The van der Waals surface area contributed by atoms with Gasteiger partial charge >= 0.3 is 11.9 Å². The Balaban J connectivity index is 2.37. The predicted octanol–water partition coefficient (Wildman–Crippen LogP) is 4.80. The normalized spacial score (nSPS) is 10.4. The molecule has 8 nitrogen and oxygen atoms in total. The summed E-state index contributed by atoms with van der Waals surface area (Å²) in [7, 11) is 2.49. The minimum atomic E-state index is -0.727. The van der Waals surface area contributed by atoms with Crippen LogP contribution in [-0.2, 0) is 15.9 Å². The van der Waals surface area contributed by atoms with E-state index in [1.54, 1.807) is 42.5 Å². The summed E-state index contributed by atoms with van der Waals surface area (Å²) in [6.07, 6.45) is 3.84. The van der Waals surface area contributed by atoms with Gasteiger partial charge in [0, 0.05) is 11.1 Å². The van der Waals surface area contributed by atoms with Gasteiger partial charge in [-0.2, -0.15) is 5.10 Å². The Bertz CT molecular complexity index is 1230. The SMILES string of the molecule is C=CCOc1c(CC=C)cc(-c2nn(-c3ccccc3)c(C(=O)OC)c2C(=O)OC)cc1OCC. The number of rotatable bonds is 11. The standard InChI is InChI=1S/C27H28N2O6/c1-6-12-18-16-19(17-21(34-8-3)25(18)35-15-7-2)23-22(26(30)32-4)24(27(31)33-5)29(28-23)20-13-10-9-11-14-20/h6-7,9-11,13-14,16-17H,1-2,8,12,15H2,3-5H3. The molecule has 0 unspecified atom stereocenters. The van der Waals surface area contributed by atoms with Gasteiger partial charge in [0.15, 0.2) is 17.2 Å². The van der Waals surface area contributed by atoms with Gasteiger partial charge in [-0.3, -0.25) is 0 Å². The number of aromatic nitrogens is 2. The Morgan fingerprint density at radius 1 is 1.00 bits per heavy atom. The molecule has 0 saturated carbocycles. The highest BCUT2D eigenvalue weighted by Gasteiger charge is 2.32. The Kier molecular flexibility index (Phi) is 8.45. The van der Waals surface area contributed by atoms with Crippen molar-refractivity contribution in [3.05, 3.63) is 84.6 Å². The quantitative estimate of drug-likeness (QED) is 0.290. The maximum absolute atomic E-state index is 13.0. The lowest BCUT2D eigenvalue weighted by atomic mass is 10.00. The lowest BCUT2D eigenvalue weighted by Crippen LogP contribution is -2.15. The van der Waals surface area contributed by atoms with E-state index >= 15 is 0 Å². The highest BCUT2D eigenvalue weighted by molar-refractivity contribution is 6.07. The molecule has 3 rings (SSSR count). The first kappa shape index (κ1) is 25.3. The molecule has 0 aliphatic rings. The van der Waals surface area contributed by atoms with E-state index in [0.29, 0.717) is 35.8 Å². The number of esters is 2. The van der Waals surface area contributed by atoms with E-state index in [4.69, 9.17) is 18.9 Å². The van der Waals surface area contributed by atoms with Crippen molar-refractivity contribution in [1.29, 1.82) is 0 Å². The number of nitrogens with zero attached hydrogens (tertiary/aromatic N) is 2. The molecule has 0 fully saturated rings. The molecule has 0 atom stereocenters. The molecule has 0 saturated heterocycles. The summed E-state index contributed by atoms with van der Waals surface area (Å²) in [6, 6.07) is 12.5. The number of carbonyl (C=O) groups is 2. The second-order valence-electron chi connectivity index (χ2n) is 7.29. The van der Waals surface area contributed by atoms with Crippen molar-refractivity contribution in [3.8, 4) is 28.4 Å². The summed E-state index contributed by atoms with van der Waals surface area (Å²) < 4.78 is 23.2. The number of carbonyl (C=O) groups excluding carboxylic acids is 2. The van der Waals surface area contributed by atoms with E-state index in [2.05, 4.69) is 18.3 Å². The van der Waals surface area contributed by atoms with Crippen LogP contribution in [0.25, 0.3) is 16.9 Å². The van der Waals surface area contributed by atoms with Crippen LogP contribution < -0.4 is 9.47 Å². The van der Waals surface area contributed by atoms with Crippen LogP contribution in [0.15, 0.2) is 67.8 Å². The van der Waals surface area contributed by atoms with Crippen LogP contribution in [0.2, 0.25) is 0 Å². The van der Waals surface area contributed by atoms with Crippen LogP contribution >= 0.6 is 0 Å². The molecule has 1 heterocycles. The molecular formula is C27H28N2O6. The van der Waals surface area contributed by atoms with Crippen molar-refractivity contribution >= 4 is 11.9 Å². The fourth-order valence-corrected chi connectivity index (χ4v) is 3.63. The first-order valence-corrected chi connectivity index (χ1v) is 11.0. The van der Waals surface area contributed by atoms with E-state index in [1.807, 2.05) is 19.1 Å². The van der Waals surface area contributed by atoms with Gasteiger partial charge in [0.2, 0.25) is 0 Å². The van der Waals surface area contributed by atoms with Crippen LogP contribution in [-0.4, -0.2) is 49.2 Å². The van der Waals surface area contributed by atoms with E-state index in [0.717, 1.165) is 5.56 Å². The molecule has 0 radical (unpaired) electrons. The van der Waals surface area contributed by atoms with Crippen molar-refractivity contribution in [1.82, 2.24) is 9.78 Å². The van der Waals surface area contributed by atoms with Crippen molar-refractivity contribution in [2.45, 2.75) is 13.3 Å². The molecule has 182 valence electrons. The van der Waals surface area contributed by atoms with E-state index in [9.17, 15) is 9.59 Å². The zero-order valence-electron chi connectivity index (χ0n) is 20.1. The summed E-state index contributed by atoms with van der Waals surface area (Å²) in [6.45, 7) is 10.1. The van der Waals surface area contributed by atoms with Gasteiger partial charge in [-0.1, -0.05) is 36.9 Å². The fourth-order valence-electron chi connectivity index (χ4n) is 3.63. The second-order valence-corrected chi connectivity index (χ2v) is 7.29. The van der Waals surface area contributed by atoms with Crippen molar-refractivity contribution in [3.63, 3.8) is 0 Å². The predicted molar refractivity (Wildman–Crippen MR) is 132 cm³/mol. The largest absolute Gasteiger partial charge is 0.490 e. The smallest absolute Gasteiger partial charge is 0.357 e. The minimum absolute atomic E-state index is 0.0186. The Hall–Kier alpha value is -4.33. The van der Waals surface area contributed by atoms with E-state index < -0.39 is 11.9 Å². The van der Waals surface area contributed by atoms with Crippen molar-refractivity contribution in [2.24, 2.45) is 0 Å². The molecule has 0 aliphatic carbocycles. The summed E-state index contributed by atoms with van der Waals surface area (Å²) in [5.41, 5.74) is 2.06. The van der Waals surface area contributed by atoms with Gasteiger partial charge in [-0.25, -0.2) is 14.3 Å². The molecular weight excluding hydrogens is 448 g/mol. The third-order valence-electron chi connectivity index (χ3n) is 5.07. The number of hydrogen-bond donors (Lipinski definition) is 0. The van der Waals surface area contributed by atoms with Crippen LogP contribution in [0.4, 0.5) is 0 Å². The summed E-state index contributed by atoms with van der Waals surface area (Å²) in [5.74, 6) is -0.438. The van der Waals surface area contributed by atoms with Gasteiger partial charge in [0.25, 0.3) is 0 Å². The number of benzene rings is 2. The third-order valence-corrected chi connectivity index (χ3v) is 5.07. The lowest BCUT2D eigenvalue weighted by molar-refractivity contribution is 0.0549. The first-order chi connectivity index (χ1) is 17.0. The van der Waals surface area contributed by atoms with Crippen molar-refractivity contribution < 1.29 is 28.5 Å². The monoisotopic (exact) mass is 476 g/mol. The minimum Gasteiger partial charge on any atom is -0.490 e. The summed E-state index contributed by atoms with van der Waals surface area (Å²) in [4.78, 5) is 25.8. The molecule has 1 aromatic heterocycles. The third kappa shape index (κ3) is 5.27. The highest BCUT2D eigenvalue weighted by atomic mass is 16.5. The molecule has 35 heavy (non-hydrogen) atoms. The van der Waals surface area contributed by atoms with Crippen molar-refractivity contribution in [2.75, 3.05) is 27.4 Å². The first-order valence-electron chi connectivity index (χ1n) is 11.0. The number of ether oxygens (including phenoxy) is 4. The molecule has 2 aromatic carbocycles.